The molecule has 7 nitrogen and oxygen atoms in total. The van der Waals surface area contributed by atoms with Crippen LogP contribution in [0.4, 0.5) is 11.5 Å². The van der Waals surface area contributed by atoms with Gasteiger partial charge in [0.2, 0.25) is 0 Å². The lowest BCUT2D eigenvalue weighted by molar-refractivity contribution is 0.102. The summed E-state index contributed by atoms with van der Waals surface area (Å²) >= 11 is 1.34. The highest BCUT2D eigenvalue weighted by Crippen LogP contribution is 2.37. The minimum absolute atomic E-state index is 0.303. The fourth-order valence-electron chi connectivity index (χ4n) is 3.36. The molecule has 0 aliphatic rings. The highest BCUT2D eigenvalue weighted by atomic mass is 32.1. The van der Waals surface area contributed by atoms with E-state index in [1.165, 1.54) is 17.7 Å². The van der Waals surface area contributed by atoms with Gasteiger partial charge in [0.15, 0.2) is 5.75 Å². The van der Waals surface area contributed by atoms with E-state index in [0.717, 1.165) is 16.3 Å². The number of aryl methyl sites for hydroxylation is 1. The molecule has 0 saturated heterocycles. The number of ether oxygens (including phenoxy) is 1. The zero-order valence-electron chi connectivity index (χ0n) is 16.5. The van der Waals surface area contributed by atoms with E-state index in [1.54, 1.807) is 17.8 Å². The van der Waals surface area contributed by atoms with Crippen molar-refractivity contribution in [2.45, 2.75) is 6.92 Å². The van der Waals surface area contributed by atoms with Gasteiger partial charge >= 0.3 is 0 Å². The summed E-state index contributed by atoms with van der Waals surface area (Å²) in [5.41, 5.74) is 8.44. The molecule has 3 heterocycles. The Balaban J connectivity index is 1.60. The van der Waals surface area contributed by atoms with Gasteiger partial charge in [-0.3, -0.25) is 9.78 Å². The molecule has 3 aromatic heterocycles. The van der Waals surface area contributed by atoms with Crippen molar-refractivity contribution in [2.24, 2.45) is 0 Å². The summed E-state index contributed by atoms with van der Waals surface area (Å²) < 4.78 is 6.88. The van der Waals surface area contributed by atoms with Crippen molar-refractivity contribution < 1.29 is 9.53 Å². The maximum atomic E-state index is 13.2. The van der Waals surface area contributed by atoms with Crippen molar-refractivity contribution in [3.05, 3.63) is 77.7 Å². The number of hydrogen-bond donors (Lipinski definition) is 2. The van der Waals surface area contributed by atoms with Crippen LogP contribution in [0.2, 0.25) is 0 Å². The molecule has 8 heteroatoms. The number of anilines is 2. The number of nitrogens with one attached hydrogen (secondary N) is 1. The maximum absolute atomic E-state index is 13.2. The van der Waals surface area contributed by atoms with Crippen LogP contribution in [0.5, 0.6) is 11.5 Å². The number of pyridine rings is 1. The van der Waals surface area contributed by atoms with Crippen molar-refractivity contribution in [3.8, 4) is 11.5 Å². The van der Waals surface area contributed by atoms with Gasteiger partial charge in [0.1, 0.15) is 17.9 Å². The van der Waals surface area contributed by atoms with Crippen molar-refractivity contribution >= 4 is 49.7 Å². The number of aromatic nitrogens is 3. The van der Waals surface area contributed by atoms with Crippen LogP contribution in [0.1, 0.15) is 15.9 Å². The molecule has 0 spiro atoms. The van der Waals surface area contributed by atoms with Gasteiger partial charge < -0.3 is 15.8 Å². The van der Waals surface area contributed by atoms with E-state index in [0.29, 0.717) is 38.8 Å². The number of hydrogen-bond acceptors (Lipinski definition) is 7. The molecule has 1 amide bonds. The molecule has 5 aromatic rings. The first-order valence-electron chi connectivity index (χ1n) is 9.51. The number of nitrogens with two attached hydrogens (primary N) is 1. The highest BCUT2D eigenvalue weighted by Gasteiger charge is 2.19. The Morgan fingerprint density at radius 3 is 2.84 bits per heavy atom. The van der Waals surface area contributed by atoms with Crippen LogP contribution in [0.25, 0.3) is 21.0 Å². The lowest BCUT2D eigenvalue weighted by atomic mass is 10.1. The van der Waals surface area contributed by atoms with Crippen molar-refractivity contribution in [3.63, 3.8) is 0 Å². The number of rotatable bonds is 4. The van der Waals surface area contributed by atoms with Crippen molar-refractivity contribution in [1.82, 2.24) is 15.0 Å². The van der Waals surface area contributed by atoms with Gasteiger partial charge in [0.25, 0.3) is 5.91 Å². The Kier molecular flexibility index (Phi) is 4.68. The Morgan fingerprint density at radius 1 is 1.10 bits per heavy atom. The van der Waals surface area contributed by atoms with E-state index in [1.807, 2.05) is 49.4 Å². The summed E-state index contributed by atoms with van der Waals surface area (Å²) in [5.74, 6) is 1.31. The monoisotopic (exact) mass is 427 g/mol. The van der Waals surface area contributed by atoms with Gasteiger partial charge in [0.05, 0.1) is 21.5 Å². The number of fused-ring (bicyclic) bond motifs is 2. The van der Waals surface area contributed by atoms with Crippen LogP contribution in [0.15, 0.2) is 66.6 Å². The third-order valence-corrected chi connectivity index (χ3v) is 5.95. The van der Waals surface area contributed by atoms with Crippen molar-refractivity contribution in [1.29, 1.82) is 0 Å². The molecule has 0 radical (unpaired) electrons. The third kappa shape index (κ3) is 3.43. The number of carbonyl (C=O) groups is 1. The van der Waals surface area contributed by atoms with Crippen LogP contribution in [0.3, 0.4) is 0 Å². The van der Waals surface area contributed by atoms with E-state index in [4.69, 9.17) is 10.5 Å². The van der Waals surface area contributed by atoms with Crippen LogP contribution in [0, 0.1) is 6.92 Å². The SMILES string of the molecule is Cc1ccccc1Oc1ccc2cnccc2c1NC(=O)c1csc2c(N)ncnc12. The molecule has 0 atom stereocenters. The average molecular weight is 427 g/mol. The van der Waals surface area contributed by atoms with E-state index in [9.17, 15) is 4.79 Å². The highest BCUT2D eigenvalue weighted by molar-refractivity contribution is 7.18. The normalized spacial score (nSPS) is 11.0. The second-order valence-corrected chi connectivity index (χ2v) is 7.82. The first-order chi connectivity index (χ1) is 15.1. The zero-order valence-corrected chi connectivity index (χ0v) is 17.3. The molecule has 0 unspecified atom stereocenters. The van der Waals surface area contributed by atoms with Gasteiger partial charge in [0, 0.05) is 28.5 Å². The molecule has 2 aromatic carbocycles. The Hall–Kier alpha value is -4.04. The fourth-order valence-corrected chi connectivity index (χ4v) is 4.27. The molecule has 0 saturated carbocycles. The quantitative estimate of drug-likeness (QED) is 0.410. The largest absolute Gasteiger partial charge is 0.455 e. The van der Waals surface area contributed by atoms with Crippen LogP contribution in [-0.4, -0.2) is 20.9 Å². The Labute approximate surface area is 181 Å². The number of nitrogen functional groups attached to an aromatic ring is 1. The van der Waals surface area contributed by atoms with E-state index < -0.39 is 0 Å². The minimum atomic E-state index is -0.303. The smallest absolute Gasteiger partial charge is 0.258 e. The molecular formula is C23H17N5O2S. The number of thiophene rings is 1. The first kappa shape index (κ1) is 19.0. The predicted octanol–water partition coefficient (Wildman–Crippen LogP) is 5.17. The van der Waals surface area contributed by atoms with Gasteiger partial charge in [-0.1, -0.05) is 18.2 Å². The average Bonchev–Trinajstić information content (AvgIpc) is 3.22. The molecule has 0 aliphatic carbocycles. The zero-order chi connectivity index (χ0) is 21.4. The molecule has 152 valence electrons. The number of amides is 1. The lowest BCUT2D eigenvalue weighted by Crippen LogP contribution is -2.13. The summed E-state index contributed by atoms with van der Waals surface area (Å²) in [5, 5.41) is 6.46. The lowest BCUT2D eigenvalue weighted by Gasteiger charge is -2.16. The molecule has 31 heavy (non-hydrogen) atoms. The summed E-state index contributed by atoms with van der Waals surface area (Å²) in [7, 11) is 0. The molecule has 5 rings (SSSR count). The summed E-state index contributed by atoms with van der Waals surface area (Å²) in [6, 6.07) is 13.3. The fraction of sp³-hybridized carbons (Fsp3) is 0.0435. The van der Waals surface area contributed by atoms with Gasteiger partial charge in [-0.25, -0.2) is 9.97 Å². The number of para-hydroxylation sites is 1. The molecule has 0 aliphatic heterocycles. The minimum Gasteiger partial charge on any atom is -0.455 e. The summed E-state index contributed by atoms with van der Waals surface area (Å²) in [4.78, 5) is 25.7. The van der Waals surface area contributed by atoms with Gasteiger partial charge in [-0.05, 0) is 36.8 Å². The maximum Gasteiger partial charge on any atom is 0.258 e. The number of benzene rings is 2. The molecule has 0 fully saturated rings. The van der Waals surface area contributed by atoms with Gasteiger partial charge in [-0.15, -0.1) is 11.3 Å². The second kappa shape index (κ2) is 7.66. The Bertz CT molecular complexity index is 1450. The molecule has 0 bridgehead atoms. The van der Waals surface area contributed by atoms with Crippen LogP contribution >= 0.6 is 11.3 Å². The standard InChI is InChI=1S/C23H17N5O2S/c1-13-4-2-3-5-17(13)30-18-7-6-14-10-25-9-8-15(14)19(18)28-23(29)16-11-31-21-20(16)26-12-27-22(21)24/h2-12H,1H3,(H,28,29)(H2,24,26,27). The van der Waals surface area contributed by atoms with Crippen LogP contribution in [-0.2, 0) is 0 Å². The third-order valence-electron chi connectivity index (χ3n) is 4.96. The van der Waals surface area contributed by atoms with Crippen LogP contribution < -0.4 is 15.8 Å². The number of carbonyl (C=O) groups excluding carboxylic acids is 1. The molecule has 3 N–H and O–H groups in total. The summed E-state index contributed by atoms with van der Waals surface area (Å²) in [6.45, 7) is 1.97. The topological polar surface area (TPSA) is 103 Å². The predicted molar refractivity (Wildman–Crippen MR) is 123 cm³/mol. The second-order valence-electron chi connectivity index (χ2n) is 6.94. The van der Waals surface area contributed by atoms with E-state index >= 15 is 0 Å². The summed E-state index contributed by atoms with van der Waals surface area (Å²) in [6.07, 6.45) is 4.79. The molecular weight excluding hydrogens is 410 g/mol. The van der Waals surface area contributed by atoms with Crippen molar-refractivity contribution in [2.75, 3.05) is 11.1 Å². The van der Waals surface area contributed by atoms with Gasteiger partial charge in [-0.2, -0.15) is 0 Å². The number of nitrogens with zero attached hydrogens (tertiary/aromatic N) is 3. The van der Waals surface area contributed by atoms with E-state index in [-0.39, 0.29) is 5.91 Å². The van der Waals surface area contributed by atoms with E-state index in [2.05, 4.69) is 20.3 Å². The Morgan fingerprint density at radius 2 is 1.97 bits per heavy atom. The first-order valence-corrected chi connectivity index (χ1v) is 10.4.